The van der Waals surface area contributed by atoms with Gasteiger partial charge in [0, 0.05) is 18.2 Å². The van der Waals surface area contributed by atoms with Gasteiger partial charge in [0.15, 0.2) is 0 Å². The van der Waals surface area contributed by atoms with Crippen molar-refractivity contribution in [3.05, 3.63) is 34.9 Å². The Morgan fingerprint density at radius 2 is 1.94 bits per heavy atom. The molecule has 3 heteroatoms. The van der Waals surface area contributed by atoms with Gasteiger partial charge in [-0.25, -0.2) is 0 Å². The fourth-order valence-electron chi connectivity index (χ4n) is 1.94. The first-order chi connectivity index (χ1) is 8.06. The minimum atomic E-state index is -0.0222. The van der Waals surface area contributed by atoms with Gasteiger partial charge in [-0.2, -0.15) is 0 Å². The van der Waals surface area contributed by atoms with Crippen LogP contribution in [-0.2, 0) is 0 Å². The summed E-state index contributed by atoms with van der Waals surface area (Å²) in [7, 11) is 0. The third kappa shape index (κ3) is 3.86. The number of nitrogens with one attached hydrogen (secondary N) is 1. The highest BCUT2D eigenvalue weighted by molar-refractivity contribution is 5.97. The van der Waals surface area contributed by atoms with Gasteiger partial charge in [-0.3, -0.25) is 4.79 Å². The molecule has 1 amide bonds. The molecule has 0 heterocycles. The second-order valence-electron chi connectivity index (χ2n) is 4.51. The molecular weight excluding hydrogens is 214 g/mol. The highest BCUT2D eigenvalue weighted by atomic mass is 16.2. The maximum atomic E-state index is 12.1. The van der Waals surface area contributed by atoms with E-state index in [1.54, 1.807) is 0 Å². The summed E-state index contributed by atoms with van der Waals surface area (Å²) in [6, 6.07) is 5.94. The molecule has 17 heavy (non-hydrogen) atoms. The highest BCUT2D eigenvalue weighted by Gasteiger charge is 2.13. The lowest BCUT2D eigenvalue weighted by atomic mass is 10.0. The Morgan fingerprint density at radius 3 is 2.47 bits per heavy atom. The monoisotopic (exact) mass is 235 g/mol. The SMILES string of the molecule is Cc1cccc(C)c1C(=O)NC(C)CCCO. The topological polar surface area (TPSA) is 49.3 Å². The van der Waals surface area contributed by atoms with Crippen LogP contribution in [0.3, 0.4) is 0 Å². The molecule has 3 nitrogen and oxygen atoms in total. The fraction of sp³-hybridized carbons (Fsp3) is 0.500. The Bertz CT molecular complexity index is 368. The molecule has 94 valence electrons. The van der Waals surface area contributed by atoms with E-state index >= 15 is 0 Å². The Morgan fingerprint density at radius 1 is 1.35 bits per heavy atom. The Kier molecular flexibility index (Phi) is 5.16. The quantitative estimate of drug-likeness (QED) is 0.822. The van der Waals surface area contributed by atoms with Crippen LogP contribution >= 0.6 is 0 Å². The summed E-state index contributed by atoms with van der Waals surface area (Å²) in [4.78, 5) is 12.1. The molecule has 0 saturated carbocycles. The molecule has 0 fully saturated rings. The number of aliphatic hydroxyl groups is 1. The van der Waals surface area contributed by atoms with E-state index in [9.17, 15) is 4.79 Å². The summed E-state index contributed by atoms with van der Waals surface area (Å²) in [5.74, 6) is -0.0222. The van der Waals surface area contributed by atoms with Crippen LogP contribution in [0.1, 0.15) is 41.3 Å². The van der Waals surface area contributed by atoms with Crippen molar-refractivity contribution in [3.8, 4) is 0 Å². The van der Waals surface area contributed by atoms with E-state index in [-0.39, 0.29) is 18.6 Å². The number of amides is 1. The molecular formula is C14H21NO2. The lowest BCUT2D eigenvalue weighted by Gasteiger charge is -2.15. The van der Waals surface area contributed by atoms with Crippen LogP contribution in [0.15, 0.2) is 18.2 Å². The number of carbonyl (C=O) groups excluding carboxylic acids is 1. The number of hydrogen-bond acceptors (Lipinski definition) is 2. The van der Waals surface area contributed by atoms with E-state index in [0.29, 0.717) is 6.42 Å². The first kappa shape index (κ1) is 13.7. The van der Waals surface area contributed by atoms with E-state index in [2.05, 4.69) is 5.32 Å². The molecule has 0 saturated heterocycles. The van der Waals surface area contributed by atoms with Crippen LogP contribution < -0.4 is 5.32 Å². The van der Waals surface area contributed by atoms with Gasteiger partial charge in [0.05, 0.1) is 0 Å². The zero-order valence-corrected chi connectivity index (χ0v) is 10.8. The molecule has 0 aliphatic carbocycles. The maximum absolute atomic E-state index is 12.1. The molecule has 1 unspecified atom stereocenters. The molecule has 0 bridgehead atoms. The minimum absolute atomic E-state index is 0.0222. The third-order valence-corrected chi connectivity index (χ3v) is 2.88. The van der Waals surface area contributed by atoms with E-state index in [1.165, 1.54) is 0 Å². The summed E-state index contributed by atoms with van der Waals surface area (Å²) in [5, 5.41) is 11.7. The summed E-state index contributed by atoms with van der Waals surface area (Å²) in [6.45, 7) is 6.02. The van der Waals surface area contributed by atoms with Gasteiger partial charge in [-0.15, -0.1) is 0 Å². The lowest BCUT2D eigenvalue weighted by Crippen LogP contribution is -2.33. The highest BCUT2D eigenvalue weighted by Crippen LogP contribution is 2.13. The predicted octanol–water partition coefficient (Wildman–Crippen LogP) is 2.19. The number of carbonyl (C=O) groups is 1. The summed E-state index contributed by atoms with van der Waals surface area (Å²) >= 11 is 0. The molecule has 0 radical (unpaired) electrons. The maximum Gasteiger partial charge on any atom is 0.252 e. The third-order valence-electron chi connectivity index (χ3n) is 2.88. The smallest absolute Gasteiger partial charge is 0.252 e. The number of rotatable bonds is 5. The van der Waals surface area contributed by atoms with Gasteiger partial charge in [0.25, 0.3) is 5.91 Å². The first-order valence-electron chi connectivity index (χ1n) is 6.04. The van der Waals surface area contributed by atoms with Crippen molar-refractivity contribution in [1.29, 1.82) is 0 Å². The summed E-state index contributed by atoms with van der Waals surface area (Å²) in [6.07, 6.45) is 1.52. The Hall–Kier alpha value is -1.35. The van der Waals surface area contributed by atoms with Crippen molar-refractivity contribution in [1.82, 2.24) is 5.32 Å². The van der Waals surface area contributed by atoms with Gasteiger partial charge in [-0.1, -0.05) is 18.2 Å². The number of benzene rings is 1. The Balaban J connectivity index is 2.70. The van der Waals surface area contributed by atoms with E-state index in [4.69, 9.17) is 5.11 Å². The standard InChI is InChI=1S/C14H21NO2/c1-10-6-4-7-11(2)13(10)14(17)15-12(3)8-5-9-16/h4,6-7,12,16H,5,8-9H2,1-3H3,(H,15,17). The number of aliphatic hydroxyl groups excluding tert-OH is 1. The molecule has 1 aromatic rings. The molecule has 0 aliphatic rings. The fourth-order valence-corrected chi connectivity index (χ4v) is 1.94. The van der Waals surface area contributed by atoms with Gasteiger partial charge in [0.1, 0.15) is 0 Å². The summed E-state index contributed by atoms with van der Waals surface area (Å²) < 4.78 is 0. The minimum Gasteiger partial charge on any atom is -0.396 e. The molecule has 1 atom stereocenters. The van der Waals surface area contributed by atoms with Gasteiger partial charge >= 0.3 is 0 Å². The van der Waals surface area contributed by atoms with Crippen LogP contribution in [0.5, 0.6) is 0 Å². The van der Waals surface area contributed by atoms with Gasteiger partial charge in [0.2, 0.25) is 0 Å². The van der Waals surface area contributed by atoms with E-state index in [0.717, 1.165) is 23.1 Å². The van der Waals surface area contributed by atoms with E-state index in [1.807, 2.05) is 39.0 Å². The molecule has 1 rings (SSSR count). The number of aryl methyl sites for hydroxylation is 2. The number of hydrogen-bond donors (Lipinski definition) is 2. The van der Waals surface area contributed by atoms with Gasteiger partial charge < -0.3 is 10.4 Å². The van der Waals surface area contributed by atoms with Crippen LogP contribution in [0.4, 0.5) is 0 Å². The predicted molar refractivity (Wildman–Crippen MR) is 69.2 cm³/mol. The lowest BCUT2D eigenvalue weighted by molar-refractivity contribution is 0.0935. The van der Waals surface area contributed by atoms with Gasteiger partial charge in [-0.05, 0) is 44.7 Å². The zero-order valence-electron chi connectivity index (χ0n) is 10.8. The normalized spacial score (nSPS) is 12.2. The van der Waals surface area contributed by atoms with Crippen molar-refractivity contribution in [3.63, 3.8) is 0 Å². The van der Waals surface area contributed by atoms with Crippen LogP contribution in [0.25, 0.3) is 0 Å². The van der Waals surface area contributed by atoms with Crippen molar-refractivity contribution in [2.45, 2.75) is 39.7 Å². The molecule has 0 spiro atoms. The zero-order chi connectivity index (χ0) is 12.8. The second kappa shape index (κ2) is 6.40. The van der Waals surface area contributed by atoms with Crippen LogP contribution in [0, 0.1) is 13.8 Å². The average molecular weight is 235 g/mol. The summed E-state index contributed by atoms with van der Waals surface area (Å²) in [5.41, 5.74) is 2.76. The molecule has 2 N–H and O–H groups in total. The second-order valence-corrected chi connectivity index (χ2v) is 4.51. The van der Waals surface area contributed by atoms with Crippen molar-refractivity contribution < 1.29 is 9.90 Å². The molecule has 1 aromatic carbocycles. The molecule has 0 aliphatic heterocycles. The average Bonchev–Trinajstić information content (AvgIpc) is 2.26. The van der Waals surface area contributed by atoms with E-state index < -0.39 is 0 Å². The first-order valence-corrected chi connectivity index (χ1v) is 6.04. The van der Waals surface area contributed by atoms with Crippen molar-refractivity contribution in [2.75, 3.05) is 6.61 Å². The van der Waals surface area contributed by atoms with Crippen molar-refractivity contribution >= 4 is 5.91 Å². The Labute approximate surface area is 103 Å². The van der Waals surface area contributed by atoms with Crippen LogP contribution in [-0.4, -0.2) is 23.7 Å². The largest absolute Gasteiger partial charge is 0.396 e. The molecule has 0 aromatic heterocycles. The van der Waals surface area contributed by atoms with Crippen molar-refractivity contribution in [2.24, 2.45) is 0 Å². The van der Waals surface area contributed by atoms with Crippen LogP contribution in [0.2, 0.25) is 0 Å².